The number of hydrogen-bond acceptors (Lipinski definition) is 2. The van der Waals surface area contributed by atoms with Crippen molar-refractivity contribution < 1.29 is 0 Å². The minimum atomic E-state index is 0. The molecule has 1 saturated heterocycles. The van der Waals surface area contributed by atoms with Gasteiger partial charge in [-0.1, -0.05) is 30.3 Å². The minimum Gasteiger partial charge on any atom is -0.372 e. The van der Waals surface area contributed by atoms with E-state index < -0.39 is 0 Å². The van der Waals surface area contributed by atoms with Crippen LogP contribution < -0.4 is 10.2 Å². The zero-order chi connectivity index (χ0) is 18.8. The number of para-hydroxylation sites is 1. The molecular formula is C25H34Cl3N3. The normalized spacial score (nSPS) is 15.0. The van der Waals surface area contributed by atoms with Gasteiger partial charge in [-0.15, -0.1) is 37.2 Å². The molecule has 6 heteroatoms. The van der Waals surface area contributed by atoms with Crippen molar-refractivity contribution >= 4 is 53.8 Å². The molecule has 2 aliphatic rings. The molecule has 0 spiro atoms. The second-order valence-corrected chi connectivity index (χ2v) is 8.34. The highest BCUT2D eigenvalue weighted by Crippen LogP contribution is 2.31. The molecule has 170 valence electrons. The van der Waals surface area contributed by atoms with Crippen molar-refractivity contribution in [3.8, 4) is 0 Å². The van der Waals surface area contributed by atoms with Crippen LogP contribution in [0.15, 0.2) is 48.5 Å². The molecule has 0 radical (unpaired) electrons. The summed E-state index contributed by atoms with van der Waals surface area (Å²) < 4.78 is 2.58. The summed E-state index contributed by atoms with van der Waals surface area (Å²) in [6, 6.07) is 18.1. The summed E-state index contributed by atoms with van der Waals surface area (Å²) in [7, 11) is 0. The average molecular weight is 483 g/mol. The summed E-state index contributed by atoms with van der Waals surface area (Å²) in [5, 5.41) is 5.17. The molecule has 1 fully saturated rings. The maximum atomic E-state index is 3.70. The van der Waals surface area contributed by atoms with Crippen LogP contribution in [0.1, 0.15) is 42.5 Å². The number of halogens is 3. The van der Waals surface area contributed by atoms with E-state index in [1.165, 1.54) is 73.9 Å². The summed E-state index contributed by atoms with van der Waals surface area (Å²) in [5.41, 5.74) is 7.39. The van der Waals surface area contributed by atoms with Crippen molar-refractivity contribution in [3.05, 3.63) is 65.4 Å². The summed E-state index contributed by atoms with van der Waals surface area (Å²) in [6.45, 7) is 5.60. The van der Waals surface area contributed by atoms with E-state index >= 15 is 0 Å². The van der Waals surface area contributed by atoms with Gasteiger partial charge in [0.2, 0.25) is 0 Å². The number of fused-ring (bicyclic) bond motifs is 3. The molecule has 3 heterocycles. The Morgan fingerprint density at radius 3 is 2.42 bits per heavy atom. The smallest absolute Gasteiger partial charge is 0.0485 e. The lowest BCUT2D eigenvalue weighted by molar-refractivity contribution is 0.539. The van der Waals surface area contributed by atoms with Crippen molar-refractivity contribution in [3.63, 3.8) is 0 Å². The van der Waals surface area contributed by atoms with Crippen LogP contribution in [-0.2, 0) is 25.9 Å². The van der Waals surface area contributed by atoms with Crippen molar-refractivity contribution in [1.29, 1.82) is 0 Å². The molecule has 0 atom stereocenters. The molecule has 2 aliphatic heterocycles. The van der Waals surface area contributed by atoms with Gasteiger partial charge < -0.3 is 14.8 Å². The molecule has 31 heavy (non-hydrogen) atoms. The lowest BCUT2D eigenvalue weighted by Crippen LogP contribution is -2.20. The van der Waals surface area contributed by atoms with E-state index in [-0.39, 0.29) is 37.2 Å². The Hall–Kier alpha value is -1.39. The number of aryl methyl sites for hydroxylation is 1. The van der Waals surface area contributed by atoms with Crippen LogP contribution in [0.25, 0.3) is 10.9 Å². The van der Waals surface area contributed by atoms with Gasteiger partial charge in [-0.05, 0) is 74.4 Å². The van der Waals surface area contributed by atoms with Crippen LogP contribution in [0.4, 0.5) is 5.69 Å². The Morgan fingerprint density at radius 2 is 1.58 bits per heavy atom. The number of nitrogens with one attached hydrogen (secondary N) is 1. The Kier molecular flexibility index (Phi) is 10.0. The zero-order valence-electron chi connectivity index (χ0n) is 18.0. The average Bonchev–Trinajstić information content (AvgIpc) is 3.39. The van der Waals surface area contributed by atoms with Crippen LogP contribution in [0.3, 0.4) is 0 Å². The number of nitrogens with zero attached hydrogens (tertiary/aromatic N) is 2. The molecule has 0 amide bonds. The van der Waals surface area contributed by atoms with Crippen LogP contribution in [0.5, 0.6) is 0 Å². The summed E-state index contributed by atoms with van der Waals surface area (Å²) in [4.78, 5) is 2.52. The van der Waals surface area contributed by atoms with Crippen LogP contribution in [-0.4, -0.2) is 24.2 Å². The van der Waals surface area contributed by atoms with Crippen molar-refractivity contribution in [1.82, 2.24) is 9.88 Å². The molecule has 5 rings (SSSR count). The van der Waals surface area contributed by atoms with E-state index in [1.807, 2.05) is 0 Å². The Morgan fingerprint density at radius 1 is 0.806 bits per heavy atom. The molecule has 1 aromatic heterocycles. The van der Waals surface area contributed by atoms with Crippen LogP contribution in [0.2, 0.25) is 0 Å². The van der Waals surface area contributed by atoms with Gasteiger partial charge in [-0.3, -0.25) is 0 Å². The maximum Gasteiger partial charge on any atom is 0.0485 e. The predicted octanol–water partition coefficient (Wildman–Crippen LogP) is 6.18. The highest BCUT2D eigenvalue weighted by molar-refractivity contribution is 5.86. The number of anilines is 1. The fraction of sp³-hybridized carbons (Fsp3) is 0.440. The third-order valence-corrected chi connectivity index (χ3v) is 6.50. The maximum absolute atomic E-state index is 3.70. The Balaban J connectivity index is 0.00000114. The second kappa shape index (κ2) is 12.0. The van der Waals surface area contributed by atoms with Gasteiger partial charge >= 0.3 is 0 Å². The highest BCUT2D eigenvalue weighted by atomic mass is 35.5. The molecule has 0 bridgehead atoms. The van der Waals surface area contributed by atoms with Crippen LogP contribution >= 0.6 is 37.2 Å². The third-order valence-electron chi connectivity index (χ3n) is 6.50. The molecule has 0 saturated carbocycles. The first-order valence-electron chi connectivity index (χ1n) is 11.0. The third kappa shape index (κ3) is 5.51. The van der Waals surface area contributed by atoms with Gasteiger partial charge in [0, 0.05) is 48.5 Å². The molecule has 3 nitrogen and oxygen atoms in total. The van der Waals surface area contributed by atoms with Gasteiger partial charge in [-0.25, -0.2) is 0 Å². The van der Waals surface area contributed by atoms with Gasteiger partial charge in [0.1, 0.15) is 0 Å². The highest BCUT2D eigenvalue weighted by Gasteiger charge is 2.19. The number of rotatable bonds is 6. The van der Waals surface area contributed by atoms with Gasteiger partial charge in [0.15, 0.2) is 0 Å². The van der Waals surface area contributed by atoms with E-state index in [0.29, 0.717) is 0 Å². The summed E-state index contributed by atoms with van der Waals surface area (Å²) >= 11 is 0. The van der Waals surface area contributed by atoms with E-state index in [0.717, 1.165) is 19.5 Å². The van der Waals surface area contributed by atoms with Gasteiger partial charge in [0.25, 0.3) is 0 Å². The first kappa shape index (κ1) is 25.9. The predicted molar refractivity (Wildman–Crippen MR) is 140 cm³/mol. The van der Waals surface area contributed by atoms with Crippen molar-refractivity contribution in [2.45, 2.75) is 51.6 Å². The fourth-order valence-corrected chi connectivity index (χ4v) is 5.10. The number of aromatic nitrogens is 1. The summed E-state index contributed by atoms with van der Waals surface area (Å²) in [6.07, 6.45) is 7.67. The van der Waals surface area contributed by atoms with Crippen molar-refractivity contribution in [2.24, 2.45) is 0 Å². The first-order chi connectivity index (χ1) is 13.9. The molecule has 0 unspecified atom stereocenters. The van der Waals surface area contributed by atoms with Gasteiger partial charge in [0.05, 0.1) is 0 Å². The Bertz CT molecular complexity index is 964. The topological polar surface area (TPSA) is 20.2 Å². The standard InChI is InChI=1S/C25H31N3.3ClH/c1-2-11-24-22(10-1)23(25-12-3-4-17-28(24)25)13-14-26-19-20-8-7-9-21(18-20)27-15-5-6-16-27;;;/h1-2,7-11,18,26H,3-6,12-17,19H2;3*1H. The number of hydrogen-bond donors (Lipinski definition) is 1. The van der Waals surface area contributed by atoms with E-state index in [2.05, 4.69) is 63.3 Å². The largest absolute Gasteiger partial charge is 0.372 e. The molecule has 2 aromatic carbocycles. The zero-order valence-corrected chi connectivity index (χ0v) is 20.5. The van der Waals surface area contributed by atoms with E-state index in [4.69, 9.17) is 0 Å². The second-order valence-electron chi connectivity index (χ2n) is 8.34. The first-order valence-corrected chi connectivity index (χ1v) is 11.0. The molecule has 1 N–H and O–H groups in total. The summed E-state index contributed by atoms with van der Waals surface area (Å²) in [5.74, 6) is 0. The minimum absolute atomic E-state index is 0. The molecule has 3 aromatic rings. The van der Waals surface area contributed by atoms with Gasteiger partial charge in [-0.2, -0.15) is 0 Å². The SMILES string of the molecule is Cl.Cl.Cl.c1cc(CNCCc2c3n(c4ccccc24)CCCC3)cc(N2CCCC2)c1. The fourth-order valence-electron chi connectivity index (χ4n) is 5.10. The molecular weight excluding hydrogens is 449 g/mol. The lowest BCUT2D eigenvalue weighted by Gasteiger charge is -2.18. The van der Waals surface area contributed by atoms with Crippen molar-refractivity contribution in [2.75, 3.05) is 24.5 Å². The number of benzene rings is 2. The Labute approximate surface area is 204 Å². The van der Waals surface area contributed by atoms with E-state index in [1.54, 1.807) is 11.3 Å². The quantitative estimate of drug-likeness (QED) is 0.424. The lowest BCUT2D eigenvalue weighted by atomic mass is 10.0. The van der Waals surface area contributed by atoms with Crippen LogP contribution in [0, 0.1) is 0 Å². The monoisotopic (exact) mass is 481 g/mol. The molecule has 0 aliphatic carbocycles. The van der Waals surface area contributed by atoms with E-state index in [9.17, 15) is 0 Å².